The number of amides is 1. The Morgan fingerprint density at radius 1 is 1.15 bits per heavy atom. The fourth-order valence-corrected chi connectivity index (χ4v) is 5.07. The van der Waals surface area contributed by atoms with Crippen molar-refractivity contribution in [3.05, 3.63) is 35.4 Å². The van der Waals surface area contributed by atoms with Gasteiger partial charge in [-0.2, -0.15) is 0 Å². The van der Waals surface area contributed by atoms with Crippen molar-refractivity contribution in [1.29, 1.82) is 0 Å². The topological polar surface area (TPSA) is 26.8 Å². The first-order valence-corrected chi connectivity index (χ1v) is 10.4. The van der Waals surface area contributed by atoms with Gasteiger partial charge in [0.25, 0.3) is 0 Å². The van der Waals surface area contributed by atoms with Crippen molar-refractivity contribution in [2.24, 2.45) is 0 Å². The Morgan fingerprint density at radius 2 is 1.85 bits per heavy atom. The summed E-state index contributed by atoms with van der Waals surface area (Å²) < 4.78 is 0. The second-order valence-electron chi connectivity index (χ2n) is 8.07. The Bertz CT molecular complexity index is 620. The van der Waals surface area contributed by atoms with Gasteiger partial charge in [0.2, 0.25) is 5.91 Å². The molecule has 4 heteroatoms. The number of hydrogen-bond donors (Lipinski definition) is 0. The van der Waals surface area contributed by atoms with E-state index in [0.717, 1.165) is 52.0 Å². The molecular weight excluding hydrogens is 322 g/mol. The zero-order valence-electron chi connectivity index (χ0n) is 17.0. The highest BCUT2D eigenvalue weighted by Crippen LogP contribution is 2.43. The molecule has 144 valence electrons. The molecule has 0 radical (unpaired) electrons. The molecule has 1 spiro atoms. The van der Waals surface area contributed by atoms with Gasteiger partial charge in [0.15, 0.2) is 0 Å². The third kappa shape index (κ3) is 3.54. The number of fused-ring (bicyclic) bond motifs is 2. The van der Waals surface area contributed by atoms with Crippen molar-refractivity contribution in [3.8, 4) is 0 Å². The van der Waals surface area contributed by atoms with E-state index >= 15 is 0 Å². The summed E-state index contributed by atoms with van der Waals surface area (Å²) in [5, 5.41) is 0. The van der Waals surface area contributed by atoms with Crippen molar-refractivity contribution in [1.82, 2.24) is 14.7 Å². The lowest BCUT2D eigenvalue weighted by Gasteiger charge is -2.52. The van der Waals surface area contributed by atoms with Crippen LogP contribution in [0.4, 0.5) is 0 Å². The molecule has 0 unspecified atom stereocenters. The third-order valence-electron chi connectivity index (χ3n) is 6.48. The minimum absolute atomic E-state index is 0.172. The summed E-state index contributed by atoms with van der Waals surface area (Å²) in [6.07, 6.45) is 3.41. The van der Waals surface area contributed by atoms with Crippen molar-refractivity contribution in [2.45, 2.75) is 58.5 Å². The second kappa shape index (κ2) is 8.10. The number of piperidine rings is 1. The number of hydrogen-bond acceptors (Lipinski definition) is 3. The molecule has 0 N–H and O–H groups in total. The van der Waals surface area contributed by atoms with Crippen LogP contribution in [0.3, 0.4) is 0 Å². The molecule has 2 heterocycles. The van der Waals surface area contributed by atoms with Gasteiger partial charge in [0.1, 0.15) is 0 Å². The molecule has 0 aromatic heterocycles. The number of nitrogens with zero attached hydrogens (tertiary/aromatic N) is 3. The maximum atomic E-state index is 12.6. The average molecular weight is 358 g/mol. The molecule has 3 rings (SSSR count). The predicted octanol–water partition coefficient (Wildman–Crippen LogP) is 3.11. The number of likely N-dealkylation sites (N-methyl/N-ethyl adjacent to an activating group) is 2. The summed E-state index contributed by atoms with van der Waals surface area (Å²) in [6, 6.07) is 9.30. The van der Waals surface area contributed by atoms with E-state index < -0.39 is 0 Å². The van der Waals surface area contributed by atoms with Gasteiger partial charge < -0.3 is 4.90 Å². The first-order chi connectivity index (χ1) is 12.5. The van der Waals surface area contributed by atoms with Gasteiger partial charge >= 0.3 is 0 Å². The summed E-state index contributed by atoms with van der Waals surface area (Å²) in [7, 11) is 0. The Balaban J connectivity index is 1.71. The van der Waals surface area contributed by atoms with E-state index in [0.29, 0.717) is 6.54 Å². The zero-order valence-corrected chi connectivity index (χ0v) is 17.0. The van der Waals surface area contributed by atoms with Gasteiger partial charge in [-0.25, -0.2) is 0 Å². The molecule has 1 aromatic rings. The molecule has 2 aliphatic rings. The molecule has 0 aliphatic carbocycles. The first-order valence-electron chi connectivity index (χ1n) is 10.4. The van der Waals surface area contributed by atoms with E-state index in [1.165, 1.54) is 11.1 Å². The quantitative estimate of drug-likeness (QED) is 0.810. The Hall–Kier alpha value is -1.39. The normalized spacial score (nSPS) is 20.3. The van der Waals surface area contributed by atoms with Crippen LogP contribution in [-0.2, 0) is 16.8 Å². The van der Waals surface area contributed by atoms with Gasteiger partial charge in [-0.15, -0.1) is 0 Å². The molecule has 26 heavy (non-hydrogen) atoms. The fraction of sp³-hybridized carbons (Fsp3) is 0.682. The molecule has 1 amide bonds. The van der Waals surface area contributed by atoms with E-state index in [1.54, 1.807) is 0 Å². The van der Waals surface area contributed by atoms with Crippen LogP contribution in [0.15, 0.2) is 24.3 Å². The largest absolute Gasteiger partial charge is 0.339 e. The maximum absolute atomic E-state index is 12.6. The van der Waals surface area contributed by atoms with Gasteiger partial charge in [-0.3, -0.25) is 14.6 Å². The fourth-order valence-electron chi connectivity index (χ4n) is 5.07. The van der Waals surface area contributed by atoms with Crippen LogP contribution in [-0.4, -0.2) is 65.9 Å². The molecule has 0 saturated carbocycles. The van der Waals surface area contributed by atoms with Gasteiger partial charge in [0.05, 0.1) is 6.54 Å². The van der Waals surface area contributed by atoms with Crippen molar-refractivity contribution in [3.63, 3.8) is 0 Å². The van der Waals surface area contributed by atoms with Gasteiger partial charge in [-0.1, -0.05) is 31.2 Å². The van der Waals surface area contributed by atoms with E-state index in [4.69, 9.17) is 0 Å². The lowest BCUT2D eigenvalue weighted by atomic mass is 9.74. The highest BCUT2D eigenvalue weighted by atomic mass is 16.2. The third-order valence-corrected chi connectivity index (χ3v) is 6.48. The van der Waals surface area contributed by atoms with E-state index in [1.807, 2.05) is 4.90 Å². The summed E-state index contributed by atoms with van der Waals surface area (Å²) in [6.45, 7) is 14.2. The maximum Gasteiger partial charge on any atom is 0.236 e. The SMILES string of the molecule is CCN(C(=O)CN1CCC2(CC1)c1ccccc1CCN2CC)C(C)C. The van der Waals surface area contributed by atoms with E-state index in [9.17, 15) is 4.79 Å². The van der Waals surface area contributed by atoms with Crippen LogP contribution >= 0.6 is 0 Å². The van der Waals surface area contributed by atoms with Crippen LogP contribution in [0.5, 0.6) is 0 Å². The summed E-state index contributed by atoms with van der Waals surface area (Å²) in [4.78, 5) is 19.7. The molecule has 0 bridgehead atoms. The van der Waals surface area contributed by atoms with Crippen LogP contribution in [0.2, 0.25) is 0 Å². The van der Waals surface area contributed by atoms with Gasteiger partial charge in [0, 0.05) is 37.8 Å². The molecule has 4 nitrogen and oxygen atoms in total. The number of benzene rings is 1. The summed E-state index contributed by atoms with van der Waals surface area (Å²) in [5.41, 5.74) is 3.24. The zero-order chi connectivity index (χ0) is 18.7. The van der Waals surface area contributed by atoms with E-state index in [2.05, 4.69) is 61.8 Å². The minimum atomic E-state index is 0.172. The Morgan fingerprint density at radius 3 is 2.46 bits per heavy atom. The molecule has 1 fully saturated rings. The summed E-state index contributed by atoms with van der Waals surface area (Å²) in [5.74, 6) is 0.273. The lowest BCUT2D eigenvalue weighted by Crippen LogP contribution is -2.57. The lowest BCUT2D eigenvalue weighted by molar-refractivity contribution is -0.134. The van der Waals surface area contributed by atoms with Gasteiger partial charge in [-0.05, 0) is 57.7 Å². The van der Waals surface area contributed by atoms with Crippen molar-refractivity contribution >= 4 is 5.91 Å². The predicted molar refractivity (Wildman–Crippen MR) is 107 cm³/mol. The highest BCUT2D eigenvalue weighted by Gasteiger charge is 2.44. The number of likely N-dealkylation sites (tertiary alicyclic amines) is 1. The number of rotatable bonds is 5. The first kappa shape index (κ1) is 19.4. The van der Waals surface area contributed by atoms with Crippen LogP contribution in [0.1, 0.15) is 51.7 Å². The smallest absolute Gasteiger partial charge is 0.236 e. The van der Waals surface area contributed by atoms with Crippen LogP contribution in [0.25, 0.3) is 0 Å². The average Bonchev–Trinajstić information content (AvgIpc) is 2.64. The summed E-state index contributed by atoms with van der Waals surface area (Å²) >= 11 is 0. The van der Waals surface area contributed by atoms with Crippen molar-refractivity contribution in [2.75, 3.05) is 39.3 Å². The Labute approximate surface area is 159 Å². The number of carbonyl (C=O) groups excluding carboxylic acids is 1. The monoisotopic (exact) mass is 357 g/mol. The minimum Gasteiger partial charge on any atom is -0.339 e. The molecule has 0 atom stereocenters. The Kier molecular flexibility index (Phi) is 6.03. The highest BCUT2D eigenvalue weighted by molar-refractivity contribution is 5.78. The molecule has 2 aliphatic heterocycles. The standard InChI is InChI=1S/C22H35N3O/c1-5-24-14-11-19-9-7-8-10-20(19)22(24)12-15-23(16-13-22)17-21(26)25(6-2)18(3)4/h7-10,18H,5-6,11-17H2,1-4H3. The molecular formula is C22H35N3O. The molecule has 1 aromatic carbocycles. The van der Waals surface area contributed by atoms with E-state index in [-0.39, 0.29) is 17.5 Å². The van der Waals surface area contributed by atoms with Crippen molar-refractivity contribution < 1.29 is 4.79 Å². The van der Waals surface area contributed by atoms with Crippen LogP contribution in [0, 0.1) is 0 Å². The second-order valence-corrected chi connectivity index (χ2v) is 8.07. The van der Waals surface area contributed by atoms with Crippen LogP contribution < -0.4 is 0 Å². The molecule has 1 saturated heterocycles. The number of carbonyl (C=O) groups is 1.